The van der Waals surface area contributed by atoms with Crippen LogP contribution in [-0.4, -0.2) is 11.3 Å². The van der Waals surface area contributed by atoms with Gasteiger partial charge in [-0.3, -0.25) is 4.99 Å². The summed E-state index contributed by atoms with van der Waals surface area (Å²) >= 11 is 12.5. The molecule has 0 saturated carbocycles. The van der Waals surface area contributed by atoms with Crippen molar-refractivity contribution in [3.05, 3.63) is 55.4 Å². The Hall–Kier alpha value is -0.840. The second-order valence-corrected chi connectivity index (χ2v) is 6.17. The maximum absolute atomic E-state index is 9.64. The second-order valence-electron chi connectivity index (χ2n) is 4.02. The van der Waals surface area contributed by atoms with Crippen LogP contribution in [0.15, 0.2) is 44.3 Å². The molecule has 0 fully saturated rings. The minimum atomic E-state index is 0.177. The first kappa shape index (κ1) is 14.6. The molecule has 0 unspecified atom stereocenters. The Bertz CT molecular complexity index is 633. The molecular formula is C14H10Br2ClNO. The van der Waals surface area contributed by atoms with Gasteiger partial charge in [0, 0.05) is 11.2 Å². The first-order valence-corrected chi connectivity index (χ1v) is 7.42. The van der Waals surface area contributed by atoms with E-state index < -0.39 is 0 Å². The molecule has 2 rings (SSSR count). The lowest BCUT2D eigenvalue weighted by Gasteiger charge is -2.03. The Kier molecular flexibility index (Phi) is 4.66. The molecule has 0 aliphatic rings. The average molecular weight is 404 g/mol. The van der Waals surface area contributed by atoms with Crippen LogP contribution in [0.25, 0.3) is 0 Å². The normalized spacial score (nSPS) is 11.2. The molecule has 98 valence electrons. The Morgan fingerprint density at radius 3 is 2.42 bits per heavy atom. The topological polar surface area (TPSA) is 32.6 Å². The van der Waals surface area contributed by atoms with Crippen LogP contribution in [0.2, 0.25) is 5.02 Å². The van der Waals surface area contributed by atoms with Crippen molar-refractivity contribution in [2.24, 2.45) is 4.99 Å². The van der Waals surface area contributed by atoms with E-state index in [0.717, 1.165) is 16.8 Å². The van der Waals surface area contributed by atoms with Gasteiger partial charge < -0.3 is 5.11 Å². The minimum Gasteiger partial charge on any atom is -0.506 e. The highest BCUT2D eigenvalue weighted by Crippen LogP contribution is 2.33. The second kappa shape index (κ2) is 6.07. The molecule has 0 amide bonds. The molecule has 0 saturated heterocycles. The van der Waals surface area contributed by atoms with Gasteiger partial charge in [-0.2, -0.15) is 0 Å². The molecule has 19 heavy (non-hydrogen) atoms. The van der Waals surface area contributed by atoms with Crippen molar-refractivity contribution in [1.29, 1.82) is 0 Å². The predicted molar refractivity (Wildman–Crippen MR) is 86.9 cm³/mol. The van der Waals surface area contributed by atoms with E-state index in [4.69, 9.17) is 11.6 Å². The highest BCUT2D eigenvalue weighted by molar-refractivity contribution is 9.11. The predicted octanol–water partition coefficient (Wildman–Crippen LogP) is 5.63. The molecule has 1 N–H and O–H groups in total. The monoisotopic (exact) mass is 401 g/mol. The molecule has 2 nitrogen and oxygen atoms in total. The van der Waals surface area contributed by atoms with Gasteiger partial charge in [0.25, 0.3) is 0 Å². The van der Waals surface area contributed by atoms with Gasteiger partial charge in [0.1, 0.15) is 5.75 Å². The third-order valence-electron chi connectivity index (χ3n) is 2.56. The van der Waals surface area contributed by atoms with E-state index in [-0.39, 0.29) is 5.75 Å². The van der Waals surface area contributed by atoms with E-state index in [2.05, 4.69) is 36.9 Å². The Balaban J connectivity index is 2.35. The first-order valence-electron chi connectivity index (χ1n) is 5.45. The fourth-order valence-corrected chi connectivity index (χ4v) is 2.91. The summed E-state index contributed by atoms with van der Waals surface area (Å²) < 4.78 is 1.23. The van der Waals surface area contributed by atoms with E-state index in [1.54, 1.807) is 18.3 Å². The Morgan fingerprint density at radius 1 is 1.16 bits per heavy atom. The zero-order valence-corrected chi connectivity index (χ0v) is 13.9. The first-order chi connectivity index (χ1) is 8.97. The lowest BCUT2D eigenvalue weighted by molar-refractivity contribution is 0.468. The maximum atomic E-state index is 9.64. The lowest BCUT2D eigenvalue weighted by Crippen LogP contribution is -1.83. The van der Waals surface area contributed by atoms with E-state index in [1.165, 1.54) is 0 Å². The number of aliphatic imine (C=N–C) groups is 1. The third kappa shape index (κ3) is 3.59. The largest absolute Gasteiger partial charge is 0.506 e. The van der Waals surface area contributed by atoms with Crippen molar-refractivity contribution in [1.82, 2.24) is 0 Å². The summed E-state index contributed by atoms with van der Waals surface area (Å²) in [7, 11) is 0. The van der Waals surface area contributed by atoms with Crippen molar-refractivity contribution < 1.29 is 5.11 Å². The van der Waals surface area contributed by atoms with Crippen LogP contribution in [0.5, 0.6) is 5.75 Å². The van der Waals surface area contributed by atoms with Crippen LogP contribution in [-0.2, 0) is 0 Å². The van der Waals surface area contributed by atoms with Crippen LogP contribution >= 0.6 is 43.5 Å². The van der Waals surface area contributed by atoms with Crippen LogP contribution in [0, 0.1) is 6.92 Å². The summed E-state index contributed by atoms with van der Waals surface area (Å²) in [4.78, 5) is 4.42. The molecule has 0 aromatic heterocycles. The molecule has 5 heteroatoms. The standard InChI is InChI=1S/C14H10Br2ClNO/c1-8-2-3-10(17)6-13(8)18-7-9-4-11(15)14(19)12(16)5-9/h2-7,19H,1H3. The van der Waals surface area contributed by atoms with Crippen molar-refractivity contribution in [3.63, 3.8) is 0 Å². The van der Waals surface area contributed by atoms with Crippen molar-refractivity contribution in [2.75, 3.05) is 0 Å². The van der Waals surface area contributed by atoms with Crippen LogP contribution < -0.4 is 0 Å². The van der Waals surface area contributed by atoms with E-state index in [1.807, 2.05) is 25.1 Å². The summed E-state index contributed by atoms with van der Waals surface area (Å²) in [6.07, 6.45) is 1.73. The number of nitrogens with zero attached hydrogens (tertiary/aromatic N) is 1. The average Bonchev–Trinajstić information content (AvgIpc) is 2.37. The number of aromatic hydroxyl groups is 1. The van der Waals surface area contributed by atoms with Gasteiger partial charge in [-0.25, -0.2) is 0 Å². The van der Waals surface area contributed by atoms with Gasteiger partial charge in [-0.05, 0) is 74.2 Å². The van der Waals surface area contributed by atoms with E-state index in [9.17, 15) is 5.11 Å². The van der Waals surface area contributed by atoms with E-state index >= 15 is 0 Å². The summed E-state index contributed by atoms with van der Waals surface area (Å²) in [5.41, 5.74) is 2.75. The number of rotatable bonds is 2. The number of hydrogen-bond acceptors (Lipinski definition) is 2. The smallest absolute Gasteiger partial charge is 0.143 e. The number of aryl methyl sites for hydroxylation is 1. The lowest BCUT2D eigenvalue weighted by atomic mass is 10.2. The van der Waals surface area contributed by atoms with Gasteiger partial charge in [0.05, 0.1) is 14.6 Å². The minimum absolute atomic E-state index is 0.177. The zero-order chi connectivity index (χ0) is 14.0. The van der Waals surface area contributed by atoms with Gasteiger partial charge in [-0.1, -0.05) is 17.7 Å². The molecule has 2 aromatic carbocycles. The summed E-state index contributed by atoms with van der Waals surface area (Å²) in [6, 6.07) is 9.17. The van der Waals surface area contributed by atoms with E-state index in [0.29, 0.717) is 14.0 Å². The van der Waals surface area contributed by atoms with Crippen molar-refractivity contribution in [3.8, 4) is 5.75 Å². The quantitative estimate of drug-likeness (QED) is 0.648. The molecule has 0 aliphatic heterocycles. The molecule has 0 heterocycles. The summed E-state index contributed by atoms with van der Waals surface area (Å²) in [5, 5.41) is 10.3. The van der Waals surface area contributed by atoms with Crippen LogP contribution in [0.1, 0.15) is 11.1 Å². The zero-order valence-electron chi connectivity index (χ0n) is 9.99. The number of phenols is 1. The number of hydrogen-bond donors (Lipinski definition) is 1. The highest BCUT2D eigenvalue weighted by atomic mass is 79.9. The fourth-order valence-electron chi connectivity index (χ4n) is 1.53. The Morgan fingerprint density at radius 2 is 1.79 bits per heavy atom. The number of phenolic OH excluding ortho intramolecular Hbond substituents is 1. The third-order valence-corrected chi connectivity index (χ3v) is 4.01. The molecular weight excluding hydrogens is 393 g/mol. The van der Waals surface area contributed by atoms with Crippen molar-refractivity contribution in [2.45, 2.75) is 6.92 Å². The van der Waals surface area contributed by atoms with Crippen LogP contribution in [0.4, 0.5) is 5.69 Å². The van der Waals surface area contributed by atoms with Gasteiger partial charge in [0.15, 0.2) is 0 Å². The summed E-state index contributed by atoms with van der Waals surface area (Å²) in [5.74, 6) is 0.177. The summed E-state index contributed by atoms with van der Waals surface area (Å²) in [6.45, 7) is 1.98. The highest BCUT2D eigenvalue weighted by Gasteiger charge is 2.04. The van der Waals surface area contributed by atoms with Crippen LogP contribution in [0.3, 0.4) is 0 Å². The molecule has 2 aromatic rings. The Labute approximate surface area is 133 Å². The molecule has 0 radical (unpaired) electrons. The molecule has 0 atom stereocenters. The molecule has 0 spiro atoms. The maximum Gasteiger partial charge on any atom is 0.143 e. The molecule has 0 bridgehead atoms. The molecule has 0 aliphatic carbocycles. The number of halogens is 3. The van der Waals surface area contributed by atoms with Gasteiger partial charge in [0.2, 0.25) is 0 Å². The van der Waals surface area contributed by atoms with Gasteiger partial charge in [-0.15, -0.1) is 0 Å². The van der Waals surface area contributed by atoms with Crippen molar-refractivity contribution >= 4 is 55.4 Å². The SMILES string of the molecule is Cc1ccc(Cl)cc1N=Cc1cc(Br)c(O)c(Br)c1. The number of benzene rings is 2. The van der Waals surface area contributed by atoms with Gasteiger partial charge >= 0.3 is 0 Å². The fraction of sp³-hybridized carbons (Fsp3) is 0.0714.